The second-order valence-electron chi connectivity index (χ2n) is 9.59. The lowest BCUT2D eigenvalue weighted by Gasteiger charge is -2.25. The predicted molar refractivity (Wildman–Crippen MR) is 150 cm³/mol. The highest BCUT2D eigenvalue weighted by Crippen LogP contribution is 2.41. The van der Waals surface area contributed by atoms with Crippen LogP contribution in [0.1, 0.15) is 38.6 Å². The number of thiazole rings is 1. The van der Waals surface area contributed by atoms with Gasteiger partial charge >= 0.3 is 12.1 Å². The Morgan fingerprint density at radius 2 is 1.95 bits per heavy atom. The van der Waals surface area contributed by atoms with Gasteiger partial charge in [-0.05, 0) is 50.8 Å². The molecular weight excluding hydrogens is 561 g/mol. The Morgan fingerprint density at radius 3 is 2.63 bits per heavy atom. The molecule has 0 amide bonds. The molecule has 5 aromatic rings. The quantitative estimate of drug-likeness (QED) is 0.191. The van der Waals surface area contributed by atoms with Crippen LogP contribution in [0.3, 0.4) is 0 Å². The number of nitrogen functional groups attached to an aromatic ring is 1. The fourth-order valence-electron chi connectivity index (χ4n) is 4.78. The first-order valence-electron chi connectivity index (χ1n) is 12.9. The Hall–Kier alpha value is -4.17. The molecule has 0 spiro atoms. The van der Waals surface area contributed by atoms with Crippen molar-refractivity contribution in [2.24, 2.45) is 0 Å². The smallest absolute Gasteiger partial charge is 0.475 e. The van der Waals surface area contributed by atoms with Crippen molar-refractivity contribution in [3.63, 3.8) is 0 Å². The van der Waals surface area contributed by atoms with Gasteiger partial charge in [0.05, 0.1) is 28.6 Å². The van der Waals surface area contributed by atoms with Gasteiger partial charge in [0.1, 0.15) is 5.76 Å². The molecule has 6 rings (SSSR count). The molecule has 0 radical (unpaired) electrons. The second-order valence-corrected chi connectivity index (χ2v) is 10.6. The summed E-state index contributed by atoms with van der Waals surface area (Å²) in [7, 11) is 0. The minimum absolute atomic E-state index is 0.187. The number of aromatic nitrogens is 4. The van der Waals surface area contributed by atoms with Crippen LogP contribution in [0.15, 0.2) is 47.3 Å². The van der Waals surface area contributed by atoms with Gasteiger partial charge in [-0.1, -0.05) is 17.4 Å². The number of aliphatic hydroxyl groups excluding tert-OH is 1. The van der Waals surface area contributed by atoms with Crippen molar-refractivity contribution in [2.45, 2.75) is 50.9 Å². The van der Waals surface area contributed by atoms with Crippen LogP contribution in [0.5, 0.6) is 0 Å². The van der Waals surface area contributed by atoms with Gasteiger partial charge in [-0.15, -0.1) is 0 Å². The fraction of sp³-hybridized carbons (Fsp3) is 0.333. The predicted octanol–water partition coefficient (Wildman–Crippen LogP) is 6.09. The normalized spacial score (nSPS) is 17.4. The molecule has 1 aliphatic carbocycles. The molecule has 41 heavy (non-hydrogen) atoms. The molecule has 10 nitrogen and oxygen atoms in total. The number of anilines is 2. The molecule has 216 valence electrons. The third kappa shape index (κ3) is 5.98. The lowest BCUT2D eigenvalue weighted by atomic mass is 9.93. The highest BCUT2D eigenvalue weighted by atomic mass is 32.1. The SMILES string of the molecule is CCNc1nc2cccc(-c3cc4c(-c5cnn([C@H]6CC[C@H](O)CC6)c5)cnc(N)c4o3)c2s1.O=C(O)C(F)(F)F. The van der Waals surface area contributed by atoms with Crippen LogP contribution < -0.4 is 11.1 Å². The molecule has 5 N–H and O–H groups in total. The van der Waals surface area contributed by atoms with Gasteiger partial charge in [0, 0.05) is 41.0 Å². The minimum atomic E-state index is -5.08. The van der Waals surface area contributed by atoms with Crippen molar-refractivity contribution in [1.82, 2.24) is 19.7 Å². The average molecular weight is 589 g/mol. The van der Waals surface area contributed by atoms with Crippen LogP contribution in [-0.4, -0.2) is 54.8 Å². The number of furan rings is 1. The number of benzene rings is 1. The first kappa shape index (κ1) is 28.4. The maximum atomic E-state index is 10.6. The summed E-state index contributed by atoms with van der Waals surface area (Å²) in [5.41, 5.74) is 10.6. The third-order valence-corrected chi connectivity index (χ3v) is 7.85. The highest BCUT2D eigenvalue weighted by Gasteiger charge is 2.38. The molecule has 0 aliphatic heterocycles. The Morgan fingerprint density at radius 1 is 1.22 bits per heavy atom. The maximum Gasteiger partial charge on any atom is 0.490 e. The largest absolute Gasteiger partial charge is 0.490 e. The monoisotopic (exact) mass is 588 g/mol. The van der Waals surface area contributed by atoms with Crippen LogP contribution in [0, 0.1) is 0 Å². The van der Waals surface area contributed by atoms with E-state index < -0.39 is 12.1 Å². The van der Waals surface area contributed by atoms with E-state index in [0.29, 0.717) is 17.4 Å². The molecular formula is C27H27F3N6O4S. The van der Waals surface area contributed by atoms with Gasteiger partial charge in [0.25, 0.3) is 0 Å². The maximum absolute atomic E-state index is 10.6. The number of carboxylic acid groups (broad SMARTS) is 1. The molecule has 0 unspecified atom stereocenters. The Labute approximate surface area is 235 Å². The number of pyridine rings is 1. The number of aliphatic carboxylic acids is 1. The average Bonchev–Trinajstić information content (AvgIpc) is 3.68. The molecule has 14 heteroatoms. The molecule has 0 bridgehead atoms. The van der Waals surface area contributed by atoms with Crippen molar-refractivity contribution in [1.29, 1.82) is 0 Å². The molecule has 1 saturated carbocycles. The Kier molecular flexibility index (Phi) is 7.87. The third-order valence-electron chi connectivity index (χ3n) is 6.79. The van der Waals surface area contributed by atoms with Gasteiger partial charge in [0.2, 0.25) is 0 Å². The van der Waals surface area contributed by atoms with E-state index in [2.05, 4.69) is 33.5 Å². The first-order valence-corrected chi connectivity index (χ1v) is 13.7. The van der Waals surface area contributed by atoms with Gasteiger partial charge in [-0.3, -0.25) is 4.68 Å². The zero-order valence-corrected chi connectivity index (χ0v) is 22.7. The van der Waals surface area contributed by atoms with E-state index in [1.54, 1.807) is 17.5 Å². The lowest BCUT2D eigenvalue weighted by Crippen LogP contribution is -2.21. The van der Waals surface area contributed by atoms with Crippen molar-refractivity contribution < 1.29 is 32.6 Å². The van der Waals surface area contributed by atoms with Crippen molar-refractivity contribution in [3.8, 4) is 22.5 Å². The summed E-state index contributed by atoms with van der Waals surface area (Å²) < 4.78 is 41.1. The van der Waals surface area contributed by atoms with E-state index in [4.69, 9.17) is 20.1 Å². The van der Waals surface area contributed by atoms with E-state index in [-0.39, 0.29) is 6.10 Å². The van der Waals surface area contributed by atoms with E-state index in [0.717, 1.165) is 75.4 Å². The Balaban J connectivity index is 0.000000431. The van der Waals surface area contributed by atoms with Crippen LogP contribution in [0.4, 0.5) is 24.1 Å². The van der Waals surface area contributed by atoms with Gasteiger partial charge < -0.3 is 25.7 Å². The molecule has 0 saturated heterocycles. The lowest BCUT2D eigenvalue weighted by molar-refractivity contribution is -0.192. The number of halogens is 3. The summed E-state index contributed by atoms with van der Waals surface area (Å²) in [5.74, 6) is -1.65. The van der Waals surface area contributed by atoms with Gasteiger partial charge in [0.15, 0.2) is 16.5 Å². The van der Waals surface area contributed by atoms with Gasteiger partial charge in [-0.25, -0.2) is 14.8 Å². The van der Waals surface area contributed by atoms with Crippen molar-refractivity contribution >= 4 is 49.4 Å². The highest BCUT2D eigenvalue weighted by molar-refractivity contribution is 7.22. The number of carbonyl (C=O) groups is 1. The second kappa shape index (κ2) is 11.4. The number of alkyl halides is 3. The molecule has 1 aromatic carbocycles. The zero-order chi connectivity index (χ0) is 29.3. The topological polar surface area (TPSA) is 152 Å². The standard InChI is InChI=1S/C25H26N6O2S.C2HF3O2/c1-2-27-25-30-20-5-3-4-17(23(20)34-25)21-10-18-19(12-28-24(26)22(18)33-21)14-11-29-31(13-14)15-6-8-16(32)9-7-15;3-2(4,5)1(6)7/h3-5,10-13,15-16,32H,2,6-9H2,1H3,(H2,26,28)(H,27,30);(H,6,7)/t15-,16-;. The van der Waals surface area contributed by atoms with Crippen LogP contribution >= 0.6 is 11.3 Å². The summed E-state index contributed by atoms with van der Waals surface area (Å²) in [5, 5.41) is 26.7. The summed E-state index contributed by atoms with van der Waals surface area (Å²) in [6, 6.07) is 8.40. The van der Waals surface area contributed by atoms with Crippen LogP contribution in [0.2, 0.25) is 0 Å². The molecule has 4 aromatic heterocycles. The van der Waals surface area contributed by atoms with Crippen molar-refractivity contribution in [2.75, 3.05) is 17.6 Å². The summed E-state index contributed by atoms with van der Waals surface area (Å²) in [6.45, 7) is 2.88. The number of rotatable bonds is 5. The summed E-state index contributed by atoms with van der Waals surface area (Å²) in [4.78, 5) is 18.0. The fourth-order valence-corrected chi connectivity index (χ4v) is 5.83. The van der Waals surface area contributed by atoms with E-state index in [9.17, 15) is 18.3 Å². The number of nitrogens with zero attached hydrogens (tertiary/aromatic N) is 4. The number of carboxylic acids is 1. The number of hydrogen-bond donors (Lipinski definition) is 4. The van der Waals surface area contributed by atoms with Crippen LogP contribution in [0.25, 0.3) is 43.6 Å². The number of nitrogens with two attached hydrogens (primary N) is 1. The molecule has 1 aliphatic rings. The number of aliphatic hydroxyl groups is 1. The number of nitrogens with one attached hydrogen (secondary N) is 1. The minimum Gasteiger partial charge on any atom is -0.475 e. The summed E-state index contributed by atoms with van der Waals surface area (Å²) in [6.07, 6.45) is 3.95. The van der Waals surface area contributed by atoms with E-state index in [1.807, 2.05) is 35.1 Å². The molecule has 0 atom stereocenters. The van der Waals surface area contributed by atoms with Crippen LogP contribution in [-0.2, 0) is 4.79 Å². The molecule has 1 fully saturated rings. The zero-order valence-electron chi connectivity index (χ0n) is 21.9. The summed E-state index contributed by atoms with van der Waals surface area (Å²) >= 11 is 1.62. The first-order chi connectivity index (χ1) is 19.5. The van der Waals surface area contributed by atoms with E-state index in [1.165, 1.54) is 0 Å². The number of hydrogen-bond acceptors (Lipinski definition) is 9. The van der Waals surface area contributed by atoms with E-state index >= 15 is 0 Å². The van der Waals surface area contributed by atoms with Crippen molar-refractivity contribution in [3.05, 3.63) is 42.9 Å². The number of fused-ring (bicyclic) bond motifs is 2. The Bertz CT molecular complexity index is 1690. The molecule has 4 heterocycles. The van der Waals surface area contributed by atoms with Gasteiger partial charge in [-0.2, -0.15) is 18.3 Å².